The van der Waals surface area contributed by atoms with Crippen molar-refractivity contribution < 1.29 is 13.2 Å². The highest BCUT2D eigenvalue weighted by Crippen LogP contribution is 2.24. The molecular weight excluding hydrogens is 324 g/mol. The molecule has 0 aliphatic rings. The third kappa shape index (κ3) is 3.49. The van der Waals surface area contributed by atoms with Gasteiger partial charge in [-0.15, -0.1) is 0 Å². The van der Waals surface area contributed by atoms with Crippen LogP contribution in [-0.2, 0) is 10.0 Å². The van der Waals surface area contributed by atoms with Crippen LogP contribution in [0.4, 0.5) is 5.69 Å². The molecule has 0 heterocycles. The Morgan fingerprint density at radius 2 is 1.62 bits per heavy atom. The van der Waals surface area contributed by atoms with E-state index in [1.54, 1.807) is 19.9 Å². The highest BCUT2D eigenvalue weighted by molar-refractivity contribution is 7.89. The number of anilines is 1. The summed E-state index contributed by atoms with van der Waals surface area (Å²) in [6, 6.07) is 10.6. The Bertz CT molecular complexity index is 887. The maximum atomic E-state index is 12.6. The van der Waals surface area contributed by atoms with Gasteiger partial charge in [0.15, 0.2) is 0 Å². The van der Waals surface area contributed by atoms with E-state index < -0.39 is 10.0 Å². The fraction of sp³-hybridized carbons (Fsp3) is 0.278. The second-order valence-electron chi connectivity index (χ2n) is 5.97. The molecule has 6 heteroatoms. The zero-order valence-electron chi connectivity index (χ0n) is 14.5. The van der Waals surface area contributed by atoms with Crippen LogP contribution >= 0.6 is 0 Å². The van der Waals surface area contributed by atoms with Crippen molar-refractivity contribution in [3.05, 3.63) is 58.7 Å². The minimum atomic E-state index is -3.61. The molecule has 1 N–H and O–H groups in total. The molecule has 0 saturated heterocycles. The number of rotatable bonds is 4. The predicted octanol–water partition coefficient (Wildman–Crippen LogP) is 3.11. The normalized spacial score (nSPS) is 11.6. The summed E-state index contributed by atoms with van der Waals surface area (Å²) in [6.45, 7) is 5.45. The average molecular weight is 346 g/mol. The Hall–Kier alpha value is -2.18. The van der Waals surface area contributed by atoms with E-state index in [4.69, 9.17) is 0 Å². The van der Waals surface area contributed by atoms with E-state index in [2.05, 4.69) is 5.32 Å². The van der Waals surface area contributed by atoms with E-state index in [1.165, 1.54) is 20.2 Å². The van der Waals surface area contributed by atoms with Crippen LogP contribution in [0.25, 0.3) is 0 Å². The molecule has 2 aromatic carbocycles. The first-order valence-electron chi connectivity index (χ1n) is 7.55. The summed E-state index contributed by atoms with van der Waals surface area (Å²) in [5, 5.41) is 2.83. The van der Waals surface area contributed by atoms with Crippen LogP contribution in [0.1, 0.15) is 27.0 Å². The van der Waals surface area contributed by atoms with E-state index >= 15 is 0 Å². The SMILES string of the molecule is Cc1ccccc1NC(=O)c1cc(C)c(C)c(S(=O)(=O)N(C)C)c1. The van der Waals surface area contributed by atoms with Crippen molar-refractivity contribution in [2.45, 2.75) is 25.7 Å². The van der Waals surface area contributed by atoms with Crippen molar-refractivity contribution in [3.8, 4) is 0 Å². The minimum Gasteiger partial charge on any atom is -0.322 e. The van der Waals surface area contributed by atoms with E-state index in [9.17, 15) is 13.2 Å². The van der Waals surface area contributed by atoms with E-state index in [1.807, 2.05) is 31.2 Å². The lowest BCUT2D eigenvalue weighted by molar-refractivity contribution is 0.102. The van der Waals surface area contributed by atoms with Gasteiger partial charge < -0.3 is 5.32 Å². The molecule has 0 spiro atoms. The van der Waals surface area contributed by atoms with Gasteiger partial charge in [-0.25, -0.2) is 12.7 Å². The molecule has 0 aromatic heterocycles. The molecule has 0 saturated carbocycles. The number of amides is 1. The lowest BCUT2D eigenvalue weighted by Crippen LogP contribution is -2.24. The molecule has 2 rings (SSSR count). The van der Waals surface area contributed by atoms with Gasteiger partial charge >= 0.3 is 0 Å². The molecular formula is C18H22N2O3S. The largest absolute Gasteiger partial charge is 0.322 e. The molecule has 24 heavy (non-hydrogen) atoms. The summed E-state index contributed by atoms with van der Waals surface area (Å²) in [4.78, 5) is 12.7. The smallest absolute Gasteiger partial charge is 0.255 e. The number of para-hydroxylation sites is 1. The molecule has 0 atom stereocenters. The van der Waals surface area contributed by atoms with Gasteiger partial charge in [-0.2, -0.15) is 0 Å². The van der Waals surface area contributed by atoms with Gasteiger partial charge in [-0.1, -0.05) is 18.2 Å². The fourth-order valence-electron chi connectivity index (χ4n) is 2.33. The Labute approximate surface area is 143 Å². The first-order chi connectivity index (χ1) is 11.1. The van der Waals surface area contributed by atoms with Crippen LogP contribution in [0.3, 0.4) is 0 Å². The third-order valence-electron chi connectivity index (χ3n) is 4.03. The molecule has 128 valence electrons. The number of nitrogens with one attached hydrogen (secondary N) is 1. The summed E-state index contributed by atoms with van der Waals surface area (Å²) in [6.07, 6.45) is 0. The first kappa shape index (κ1) is 18.2. The highest BCUT2D eigenvalue weighted by Gasteiger charge is 2.23. The molecule has 2 aromatic rings. The fourth-order valence-corrected chi connectivity index (χ4v) is 3.55. The van der Waals surface area contributed by atoms with Crippen molar-refractivity contribution in [1.29, 1.82) is 0 Å². The number of nitrogens with zero attached hydrogens (tertiary/aromatic N) is 1. The number of hydrogen-bond acceptors (Lipinski definition) is 3. The van der Waals surface area contributed by atoms with Gasteiger partial charge in [0.25, 0.3) is 5.91 Å². The Morgan fingerprint density at radius 3 is 2.21 bits per heavy atom. The summed E-state index contributed by atoms with van der Waals surface area (Å²) in [5.74, 6) is -0.331. The molecule has 0 fully saturated rings. The number of benzene rings is 2. The molecule has 0 bridgehead atoms. The lowest BCUT2D eigenvalue weighted by Gasteiger charge is -2.17. The maximum Gasteiger partial charge on any atom is 0.255 e. The Balaban J connectivity index is 2.47. The zero-order valence-corrected chi connectivity index (χ0v) is 15.4. The zero-order chi connectivity index (χ0) is 18.1. The Morgan fingerprint density at radius 1 is 1.00 bits per heavy atom. The van der Waals surface area contributed by atoms with Gasteiger partial charge in [-0.05, 0) is 55.7 Å². The summed E-state index contributed by atoms with van der Waals surface area (Å²) in [5.41, 5.74) is 3.37. The van der Waals surface area contributed by atoms with Crippen LogP contribution < -0.4 is 5.32 Å². The Kier molecular flexibility index (Phi) is 5.11. The minimum absolute atomic E-state index is 0.155. The van der Waals surface area contributed by atoms with Crippen LogP contribution in [-0.4, -0.2) is 32.7 Å². The second-order valence-corrected chi connectivity index (χ2v) is 8.09. The quantitative estimate of drug-likeness (QED) is 0.925. The summed E-state index contributed by atoms with van der Waals surface area (Å²) in [7, 11) is -0.661. The molecule has 1 amide bonds. The highest BCUT2D eigenvalue weighted by atomic mass is 32.2. The van der Waals surface area contributed by atoms with Crippen LogP contribution in [0, 0.1) is 20.8 Å². The van der Waals surface area contributed by atoms with Crippen LogP contribution in [0.5, 0.6) is 0 Å². The molecule has 5 nitrogen and oxygen atoms in total. The van der Waals surface area contributed by atoms with E-state index in [0.29, 0.717) is 16.8 Å². The second kappa shape index (κ2) is 6.75. The van der Waals surface area contributed by atoms with Crippen molar-refractivity contribution in [3.63, 3.8) is 0 Å². The molecule has 0 radical (unpaired) electrons. The first-order valence-corrected chi connectivity index (χ1v) is 8.99. The van der Waals surface area contributed by atoms with Crippen molar-refractivity contribution in [2.75, 3.05) is 19.4 Å². The van der Waals surface area contributed by atoms with Crippen LogP contribution in [0.15, 0.2) is 41.3 Å². The number of carbonyl (C=O) groups excluding carboxylic acids is 1. The van der Waals surface area contributed by atoms with Crippen LogP contribution in [0.2, 0.25) is 0 Å². The van der Waals surface area contributed by atoms with E-state index in [-0.39, 0.29) is 10.8 Å². The van der Waals surface area contributed by atoms with Crippen molar-refractivity contribution in [1.82, 2.24) is 4.31 Å². The van der Waals surface area contributed by atoms with Gasteiger partial charge in [0, 0.05) is 25.3 Å². The van der Waals surface area contributed by atoms with E-state index in [0.717, 1.165) is 15.4 Å². The summed E-state index contributed by atoms with van der Waals surface area (Å²) < 4.78 is 26.1. The van der Waals surface area contributed by atoms with Gasteiger partial charge in [0.1, 0.15) is 0 Å². The average Bonchev–Trinajstić information content (AvgIpc) is 2.51. The standard InChI is InChI=1S/C18H22N2O3S/c1-12-8-6-7-9-16(12)19-18(21)15-10-13(2)14(3)17(11-15)24(22,23)20(4)5/h6-11H,1-5H3,(H,19,21). The monoisotopic (exact) mass is 346 g/mol. The number of hydrogen-bond donors (Lipinski definition) is 1. The maximum absolute atomic E-state index is 12.6. The molecule has 0 unspecified atom stereocenters. The lowest BCUT2D eigenvalue weighted by atomic mass is 10.1. The van der Waals surface area contributed by atoms with Gasteiger partial charge in [0.05, 0.1) is 4.90 Å². The summed E-state index contributed by atoms with van der Waals surface area (Å²) >= 11 is 0. The molecule has 0 aliphatic heterocycles. The topological polar surface area (TPSA) is 66.5 Å². The van der Waals surface area contributed by atoms with Crippen molar-refractivity contribution in [2.24, 2.45) is 0 Å². The third-order valence-corrected chi connectivity index (χ3v) is 5.98. The van der Waals surface area contributed by atoms with Gasteiger partial charge in [0.2, 0.25) is 10.0 Å². The number of carbonyl (C=O) groups is 1. The predicted molar refractivity (Wildman–Crippen MR) is 95.9 cm³/mol. The van der Waals surface area contributed by atoms with Gasteiger partial charge in [-0.3, -0.25) is 4.79 Å². The molecule has 0 aliphatic carbocycles. The number of aryl methyl sites for hydroxylation is 2. The number of sulfonamides is 1. The van der Waals surface area contributed by atoms with Crippen molar-refractivity contribution >= 4 is 21.6 Å².